The maximum absolute atomic E-state index is 11.1. The van der Waals surface area contributed by atoms with Gasteiger partial charge in [-0.15, -0.1) is 0 Å². The Bertz CT molecular complexity index is 238. The summed E-state index contributed by atoms with van der Waals surface area (Å²) >= 11 is 0. The van der Waals surface area contributed by atoms with Crippen LogP contribution in [0.5, 0.6) is 0 Å². The summed E-state index contributed by atoms with van der Waals surface area (Å²) in [6.07, 6.45) is 2.76. The highest BCUT2D eigenvalue weighted by molar-refractivity contribution is 7.89. The summed E-state index contributed by atoms with van der Waals surface area (Å²) in [5.74, 6) is 0.495. The summed E-state index contributed by atoms with van der Waals surface area (Å²) in [5, 5.41) is 0. The lowest BCUT2D eigenvalue weighted by Crippen LogP contribution is -2.26. The zero-order valence-corrected chi connectivity index (χ0v) is 8.10. The van der Waals surface area contributed by atoms with Crippen molar-refractivity contribution in [1.29, 1.82) is 0 Å². The molecule has 1 saturated carbocycles. The Morgan fingerprint density at radius 1 is 1.50 bits per heavy atom. The first-order valence-electron chi connectivity index (χ1n) is 4.20. The molecule has 4 nitrogen and oxygen atoms in total. The van der Waals surface area contributed by atoms with E-state index < -0.39 is 10.0 Å². The Balaban J connectivity index is 2.43. The van der Waals surface area contributed by atoms with Crippen LogP contribution in [0.15, 0.2) is 0 Å². The van der Waals surface area contributed by atoms with Gasteiger partial charge in [-0.3, -0.25) is 0 Å². The SMILES string of the molecule is CNS(=O)(=O)C[C@@H]1CC[C@H](N)C1. The number of nitrogens with two attached hydrogens (primary N) is 1. The minimum atomic E-state index is -3.03. The molecule has 0 radical (unpaired) electrons. The number of nitrogens with one attached hydrogen (secondary N) is 1. The van der Waals surface area contributed by atoms with Crippen LogP contribution in [-0.4, -0.2) is 27.3 Å². The van der Waals surface area contributed by atoms with E-state index in [1.54, 1.807) is 0 Å². The third kappa shape index (κ3) is 2.73. The molecule has 0 heterocycles. The van der Waals surface area contributed by atoms with Gasteiger partial charge in [0.15, 0.2) is 0 Å². The molecule has 5 heteroatoms. The van der Waals surface area contributed by atoms with E-state index in [-0.39, 0.29) is 17.7 Å². The van der Waals surface area contributed by atoms with Gasteiger partial charge in [-0.05, 0) is 32.2 Å². The highest BCUT2D eigenvalue weighted by atomic mass is 32.2. The van der Waals surface area contributed by atoms with Crippen molar-refractivity contribution in [3.8, 4) is 0 Å². The fourth-order valence-corrected chi connectivity index (χ4v) is 2.75. The van der Waals surface area contributed by atoms with E-state index in [0.717, 1.165) is 19.3 Å². The van der Waals surface area contributed by atoms with Gasteiger partial charge in [-0.1, -0.05) is 0 Å². The number of sulfonamides is 1. The van der Waals surface area contributed by atoms with Crippen molar-refractivity contribution < 1.29 is 8.42 Å². The molecule has 0 aromatic rings. The molecular weight excluding hydrogens is 176 g/mol. The van der Waals surface area contributed by atoms with E-state index in [2.05, 4.69) is 4.72 Å². The Kier molecular flexibility index (Phi) is 3.09. The van der Waals surface area contributed by atoms with Crippen molar-refractivity contribution >= 4 is 10.0 Å². The molecule has 2 atom stereocenters. The van der Waals surface area contributed by atoms with Crippen LogP contribution in [0.3, 0.4) is 0 Å². The number of rotatable bonds is 3. The number of hydrogen-bond acceptors (Lipinski definition) is 3. The molecule has 0 bridgehead atoms. The lowest BCUT2D eigenvalue weighted by atomic mass is 10.1. The number of hydrogen-bond donors (Lipinski definition) is 2. The third-order valence-electron chi connectivity index (χ3n) is 2.35. The van der Waals surface area contributed by atoms with Crippen molar-refractivity contribution in [2.24, 2.45) is 11.7 Å². The van der Waals surface area contributed by atoms with Crippen LogP contribution in [0.2, 0.25) is 0 Å². The topological polar surface area (TPSA) is 72.2 Å². The molecule has 1 aliphatic carbocycles. The molecular formula is C7H16N2O2S. The Morgan fingerprint density at radius 3 is 2.58 bits per heavy atom. The second kappa shape index (κ2) is 3.72. The minimum absolute atomic E-state index is 0.210. The predicted molar refractivity (Wildman–Crippen MR) is 48.2 cm³/mol. The van der Waals surface area contributed by atoms with Crippen molar-refractivity contribution in [2.75, 3.05) is 12.8 Å². The van der Waals surface area contributed by atoms with Gasteiger partial charge in [0.1, 0.15) is 0 Å². The summed E-state index contributed by atoms with van der Waals surface area (Å²) in [5.41, 5.74) is 5.67. The molecule has 0 saturated heterocycles. The first-order chi connectivity index (χ1) is 5.53. The van der Waals surface area contributed by atoms with Crippen molar-refractivity contribution in [2.45, 2.75) is 25.3 Å². The second-order valence-electron chi connectivity index (χ2n) is 3.42. The van der Waals surface area contributed by atoms with Gasteiger partial charge in [-0.25, -0.2) is 13.1 Å². The van der Waals surface area contributed by atoms with Crippen LogP contribution in [0.1, 0.15) is 19.3 Å². The Labute approximate surface area is 73.6 Å². The summed E-state index contributed by atoms with van der Waals surface area (Å²) in [6.45, 7) is 0. The molecule has 1 aliphatic rings. The average Bonchev–Trinajstić information content (AvgIpc) is 2.35. The van der Waals surface area contributed by atoms with Gasteiger partial charge in [0.05, 0.1) is 5.75 Å². The normalized spacial score (nSPS) is 30.8. The van der Waals surface area contributed by atoms with E-state index in [1.165, 1.54) is 7.05 Å². The van der Waals surface area contributed by atoms with E-state index >= 15 is 0 Å². The van der Waals surface area contributed by atoms with Crippen LogP contribution in [0, 0.1) is 5.92 Å². The molecule has 0 spiro atoms. The van der Waals surface area contributed by atoms with E-state index in [0.29, 0.717) is 0 Å². The molecule has 0 amide bonds. The molecule has 12 heavy (non-hydrogen) atoms. The zero-order chi connectivity index (χ0) is 9.19. The minimum Gasteiger partial charge on any atom is -0.328 e. The smallest absolute Gasteiger partial charge is 0.211 e. The van der Waals surface area contributed by atoms with E-state index in [9.17, 15) is 8.42 Å². The van der Waals surface area contributed by atoms with E-state index in [4.69, 9.17) is 5.73 Å². The summed E-state index contributed by atoms with van der Waals surface area (Å²) in [6, 6.07) is 0.210. The van der Waals surface area contributed by atoms with Crippen molar-refractivity contribution in [1.82, 2.24) is 4.72 Å². The Hall–Kier alpha value is -0.130. The van der Waals surface area contributed by atoms with Gasteiger partial charge < -0.3 is 5.73 Å². The standard InChI is InChI=1S/C7H16N2O2S/c1-9-12(10,11)5-6-2-3-7(8)4-6/h6-7,9H,2-5,8H2,1H3/t6-,7+/m1/s1. The first-order valence-corrected chi connectivity index (χ1v) is 5.85. The largest absolute Gasteiger partial charge is 0.328 e. The van der Waals surface area contributed by atoms with Crippen molar-refractivity contribution in [3.05, 3.63) is 0 Å². The van der Waals surface area contributed by atoms with Gasteiger partial charge in [-0.2, -0.15) is 0 Å². The summed E-state index contributed by atoms with van der Waals surface area (Å²) in [4.78, 5) is 0. The Morgan fingerprint density at radius 2 is 2.17 bits per heavy atom. The first kappa shape index (κ1) is 9.95. The molecule has 1 rings (SSSR count). The monoisotopic (exact) mass is 192 g/mol. The molecule has 72 valence electrons. The van der Waals surface area contributed by atoms with Crippen LogP contribution in [-0.2, 0) is 10.0 Å². The fourth-order valence-electron chi connectivity index (χ4n) is 1.66. The summed E-state index contributed by atoms with van der Waals surface area (Å²) in [7, 11) is -1.58. The molecule has 0 aromatic carbocycles. The lowest BCUT2D eigenvalue weighted by molar-refractivity contribution is 0.547. The van der Waals surface area contributed by atoms with Crippen LogP contribution in [0.25, 0.3) is 0 Å². The maximum atomic E-state index is 11.1. The molecule has 1 fully saturated rings. The van der Waals surface area contributed by atoms with E-state index in [1.807, 2.05) is 0 Å². The summed E-state index contributed by atoms with van der Waals surface area (Å²) < 4.78 is 24.5. The van der Waals surface area contributed by atoms with Crippen LogP contribution < -0.4 is 10.5 Å². The highest BCUT2D eigenvalue weighted by Crippen LogP contribution is 2.24. The quantitative estimate of drug-likeness (QED) is 0.642. The van der Waals surface area contributed by atoms with Gasteiger partial charge >= 0.3 is 0 Å². The van der Waals surface area contributed by atoms with Gasteiger partial charge in [0, 0.05) is 6.04 Å². The second-order valence-corrected chi connectivity index (χ2v) is 5.40. The average molecular weight is 192 g/mol. The predicted octanol–water partition coefficient (Wildman–Crippen LogP) is -0.337. The highest BCUT2D eigenvalue weighted by Gasteiger charge is 2.25. The van der Waals surface area contributed by atoms with Crippen LogP contribution in [0.4, 0.5) is 0 Å². The molecule has 3 N–H and O–H groups in total. The fraction of sp³-hybridized carbons (Fsp3) is 1.00. The molecule has 0 aliphatic heterocycles. The van der Waals surface area contributed by atoms with Gasteiger partial charge in [0.25, 0.3) is 0 Å². The molecule has 0 aromatic heterocycles. The third-order valence-corrected chi connectivity index (χ3v) is 3.88. The van der Waals surface area contributed by atoms with Crippen LogP contribution >= 0.6 is 0 Å². The maximum Gasteiger partial charge on any atom is 0.211 e. The lowest BCUT2D eigenvalue weighted by Gasteiger charge is -2.08. The molecule has 0 unspecified atom stereocenters. The zero-order valence-electron chi connectivity index (χ0n) is 7.29. The van der Waals surface area contributed by atoms with Gasteiger partial charge in [0.2, 0.25) is 10.0 Å². The van der Waals surface area contributed by atoms with Crippen molar-refractivity contribution in [3.63, 3.8) is 0 Å².